The Morgan fingerprint density at radius 3 is 2.79 bits per heavy atom. The second kappa shape index (κ2) is 5.88. The summed E-state index contributed by atoms with van der Waals surface area (Å²) in [4.78, 5) is 17.0. The number of H-pyrrole nitrogens is 1. The summed E-state index contributed by atoms with van der Waals surface area (Å²) < 4.78 is 5.37. The van der Waals surface area contributed by atoms with Crippen molar-refractivity contribution in [3.63, 3.8) is 0 Å². The molecule has 4 nitrogen and oxygen atoms in total. The summed E-state index contributed by atoms with van der Waals surface area (Å²) in [5, 5.41) is 0. The molecule has 0 aromatic carbocycles. The number of morpholine rings is 1. The molecular formula is C15H22N2O2. The number of carbonyl (C=O) groups excluding carboxylic acids is 1. The van der Waals surface area contributed by atoms with E-state index in [1.54, 1.807) is 0 Å². The molecule has 0 spiro atoms. The standard InChI is InChI=1S/C15H22N2O2/c18-11-15-13(5-6-17-7-9-19-10-8-17)12-3-1-2-4-14(12)16-15/h11,16H,1-10H2. The van der Waals surface area contributed by atoms with Crippen LogP contribution in [0.25, 0.3) is 0 Å². The van der Waals surface area contributed by atoms with Gasteiger partial charge < -0.3 is 9.72 Å². The number of aldehydes is 1. The van der Waals surface area contributed by atoms with Gasteiger partial charge in [-0.25, -0.2) is 0 Å². The predicted octanol–water partition coefficient (Wildman–Crippen LogP) is 1.58. The molecule has 0 unspecified atom stereocenters. The van der Waals surface area contributed by atoms with Crippen molar-refractivity contribution in [2.24, 2.45) is 0 Å². The lowest BCUT2D eigenvalue weighted by Gasteiger charge is -2.26. The SMILES string of the molecule is O=Cc1[nH]c2c(c1CCN1CCOCC1)CCCC2. The van der Waals surface area contributed by atoms with Crippen LogP contribution in [0.4, 0.5) is 0 Å². The lowest BCUT2D eigenvalue weighted by molar-refractivity contribution is 0.0384. The Bertz CT molecular complexity index is 447. The summed E-state index contributed by atoms with van der Waals surface area (Å²) in [6.07, 6.45) is 6.72. The number of hydrogen-bond acceptors (Lipinski definition) is 3. The molecule has 1 aliphatic carbocycles. The van der Waals surface area contributed by atoms with Crippen LogP contribution in [-0.4, -0.2) is 49.0 Å². The summed E-state index contributed by atoms with van der Waals surface area (Å²) in [5.74, 6) is 0. The maximum Gasteiger partial charge on any atom is 0.166 e. The van der Waals surface area contributed by atoms with E-state index in [9.17, 15) is 4.79 Å². The van der Waals surface area contributed by atoms with E-state index in [1.165, 1.54) is 29.7 Å². The number of nitrogens with zero attached hydrogens (tertiary/aromatic N) is 1. The highest BCUT2D eigenvalue weighted by Gasteiger charge is 2.20. The molecule has 4 heteroatoms. The van der Waals surface area contributed by atoms with Gasteiger partial charge in [0.1, 0.15) is 0 Å². The molecule has 1 aromatic rings. The van der Waals surface area contributed by atoms with Crippen molar-refractivity contribution in [3.8, 4) is 0 Å². The topological polar surface area (TPSA) is 45.3 Å². The molecule has 0 amide bonds. The largest absolute Gasteiger partial charge is 0.379 e. The van der Waals surface area contributed by atoms with Crippen LogP contribution in [0.2, 0.25) is 0 Å². The summed E-state index contributed by atoms with van der Waals surface area (Å²) in [6, 6.07) is 0. The Morgan fingerprint density at radius 1 is 1.21 bits per heavy atom. The van der Waals surface area contributed by atoms with Gasteiger partial charge in [0.2, 0.25) is 0 Å². The number of rotatable bonds is 4. The van der Waals surface area contributed by atoms with Crippen LogP contribution in [0.5, 0.6) is 0 Å². The molecule has 104 valence electrons. The first-order valence-electron chi connectivity index (χ1n) is 7.36. The summed E-state index contributed by atoms with van der Waals surface area (Å²) in [5.41, 5.74) is 4.84. The van der Waals surface area contributed by atoms with Gasteiger partial charge in [-0.2, -0.15) is 0 Å². The first-order chi connectivity index (χ1) is 9.38. The Kier molecular flexibility index (Phi) is 3.99. The zero-order valence-corrected chi connectivity index (χ0v) is 11.4. The van der Waals surface area contributed by atoms with Crippen molar-refractivity contribution >= 4 is 6.29 Å². The number of nitrogens with one attached hydrogen (secondary N) is 1. The molecule has 1 fully saturated rings. The number of ether oxygens (including phenoxy) is 1. The number of aromatic nitrogens is 1. The Morgan fingerprint density at radius 2 is 2.00 bits per heavy atom. The highest BCUT2D eigenvalue weighted by Crippen LogP contribution is 2.27. The van der Waals surface area contributed by atoms with Gasteiger partial charge in [0.25, 0.3) is 0 Å². The van der Waals surface area contributed by atoms with Crippen LogP contribution in [0, 0.1) is 0 Å². The molecule has 2 heterocycles. The second-order valence-corrected chi connectivity index (χ2v) is 5.50. The smallest absolute Gasteiger partial charge is 0.166 e. The molecule has 3 rings (SSSR count). The van der Waals surface area contributed by atoms with Crippen LogP contribution in [0.1, 0.15) is 40.2 Å². The average molecular weight is 262 g/mol. The van der Waals surface area contributed by atoms with Gasteiger partial charge >= 0.3 is 0 Å². The van der Waals surface area contributed by atoms with E-state index in [4.69, 9.17) is 4.74 Å². The molecule has 2 aliphatic rings. The predicted molar refractivity (Wildman–Crippen MR) is 73.8 cm³/mol. The minimum absolute atomic E-state index is 0.820. The van der Waals surface area contributed by atoms with E-state index in [-0.39, 0.29) is 0 Å². The first kappa shape index (κ1) is 12.9. The van der Waals surface area contributed by atoms with E-state index in [2.05, 4.69) is 9.88 Å². The molecule has 0 atom stereocenters. The summed E-state index contributed by atoms with van der Waals surface area (Å²) in [6.45, 7) is 4.75. The van der Waals surface area contributed by atoms with Gasteiger partial charge in [0.05, 0.1) is 18.9 Å². The minimum Gasteiger partial charge on any atom is -0.379 e. The quantitative estimate of drug-likeness (QED) is 0.838. The molecule has 1 N–H and O–H groups in total. The monoisotopic (exact) mass is 262 g/mol. The third-order valence-electron chi connectivity index (χ3n) is 4.34. The van der Waals surface area contributed by atoms with Gasteiger partial charge in [0, 0.05) is 25.3 Å². The lowest BCUT2D eigenvalue weighted by atomic mass is 9.93. The highest BCUT2D eigenvalue weighted by atomic mass is 16.5. The van der Waals surface area contributed by atoms with Crippen LogP contribution in [0.15, 0.2) is 0 Å². The fourth-order valence-corrected chi connectivity index (χ4v) is 3.26. The molecule has 0 bridgehead atoms. The number of fused-ring (bicyclic) bond motifs is 1. The number of aromatic amines is 1. The lowest BCUT2D eigenvalue weighted by Crippen LogP contribution is -2.37. The number of aryl methyl sites for hydroxylation is 1. The Labute approximate surface area is 114 Å². The molecule has 1 saturated heterocycles. The zero-order chi connectivity index (χ0) is 13.1. The van der Waals surface area contributed by atoms with Crippen molar-refractivity contribution in [1.29, 1.82) is 0 Å². The van der Waals surface area contributed by atoms with Gasteiger partial charge in [-0.1, -0.05) is 0 Å². The van der Waals surface area contributed by atoms with Crippen molar-refractivity contribution in [1.82, 2.24) is 9.88 Å². The Balaban J connectivity index is 1.71. The van der Waals surface area contributed by atoms with E-state index < -0.39 is 0 Å². The van der Waals surface area contributed by atoms with Crippen LogP contribution >= 0.6 is 0 Å². The van der Waals surface area contributed by atoms with E-state index in [0.29, 0.717) is 0 Å². The van der Waals surface area contributed by atoms with E-state index in [1.807, 2.05) is 0 Å². The van der Waals surface area contributed by atoms with Crippen LogP contribution < -0.4 is 0 Å². The maximum absolute atomic E-state index is 11.2. The fraction of sp³-hybridized carbons (Fsp3) is 0.667. The van der Waals surface area contributed by atoms with Gasteiger partial charge in [-0.3, -0.25) is 9.69 Å². The maximum atomic E-state index is 11.2. The van der Waals surface area contributed by atoms with Gasteiger partial charge in [0.15, 0.2) is 6.29 Å². The molecule has 1 aromatic heterocycles. The normalized spacial score (nSPS) is 20.2. The van der Waals surface area contributed by atoms with E-state index >= 15 is 0 Å². The third-order valence-corrected chi connectivity index (χ3v) is 4.34. The molecule has 0 saturated carbocycles. The second-order valence-electron chi connectivity index (χ2n) is 5.50. The Hall–Kier alpha value is -1.13. The molecule has 1 aliphatic heterocycles. The zero-order valence-electron chi connectivity index (χ0n) is 11.4. The van der Waals surface area contributed by atoms with Crippen molar-refractivity contribution in [2.75, 3.05) is 32.8 Å². The van der Waals surface area contributed by atoms with Crippen LogP contribution in [-0.2, 0) is 24.0 Å². The average Bonchev–Trinajstić information content (AvgIpc) is 2.84. The van der Waals surface area contributed by atoms with Crippen molar-refractivity contribution in [3.05, 3.63) is 22.5 Å². The molecule has 19 heavy (non-hydrogen) atoms. The number of hydrogen-bond donors (Lipinski definition) is 1. The summed E-state index contributed by atoms with van der Waals surface area (Å²) in [7, 11) is 0. The third kappa shape index (κ3) is 2.74. The highest BCUT2D eigenvalue weighted by molar-refractivity contribution is 5.76. The van der Waals surface area contributed by atoms with Crippen molar-refractivity contribution in [2.45, 2.75) is 32.1 Å². The van der Waals surface area contributed by atoms with Gasteiger partial charge in [-0.15, -0.1) is 0 Å². The van der Waals surface area contributed by atoms with E-state index in [0.717, 1.165) is 64.1 Å². The van der Waals surface area contributed by atoms with Crippen LogP contribution in [0.3, 0.4) is 0 Å². The molecule has 0 radical (unpaired) electrons. The first-order valence-corrected chi connectivity index (χ1v) is 7.36. The van der Waals surface area contributed by atoms with Gasteiger partial charge in [-0.05, 0) is 43.2 Å². The fourth-order valence-electron chi connectivity index (χ4n) is 3.26. The van der Waals surface area contributed by atoms with Crippen molar-refractivity contribution < 1.29 is 9.53 Å². The minimum atomic E-state index is 0.820. The number of carbonyl (C=O) groups is 1. The summed E-state index contributed by atoms with van der Waals surface area (Å²) >= 11 is 0. The molecular weight excluding hydrogens is 240 g/mol.